The minimum atomic E-state index is -3.47. The van der Waals surface area contributed by atoms with Crippen molar-refractivity contribution in [2.24, 2.45) is 0 Å². The van der Waals surface area contributed by atoms with E-state index in [2.05, 4.69) is 18.8 Å². The number of pyridine rings is 1. The SMILES string of the molecule is CC(C)c1ccc(S(=O)(=O)N2CCC(Oc3cccc4cccnc34)CC2)cc1. The molecule has 0 N–H and O–H groups in total. The first-order chi connectivity index (χ1) is 13.9. The Morgan fingerprint density at radius 3 is 2.38 bits per heavy atom. The number of benzene rings is 2. The molecule has 0 spiro atoms. The fraction of sp³-hybridized carbons (Fsp3) is 0.348. The zero-order valence-electron chi connectivity index (χ0n) is 16.8. The number of fused-ring (bicyclic) bond motifs is 1. The number of rotatable bonds is 5. The highest BCUT2D eigenvalue weighted by Gasteiger charge is 2.30. The number of hydrogen-bond donors (Lipinski definition) is 0. The van der Waals surface area contributed by atoms with Gasteiger partial charge in [0.05, 0.1) is 4.90 Å². The van der Waals surface area contributed by atoms with Gasteiger partial charge in [-0.2, -0.15) is 4.31 Å². The van der Waals surface area contributed by atoms with Crippen molar-refractivity contribution >= 4 is 20.9 Å². The lowest BCUT2D eigenvalue weighted by molar-refractivity contribution is 0.136. The van der Waals surface area contributed by atoms with Crippen molar-refractivity contribution in [2.75, 3.05) is 13.1 Å². The first-order valence-corrected chi connectivity index (χ1v) is 11.5. The van der Waals surface area contributed by atoms with Crippen molar-refractivity contribution in [3.8, 4) is 5.75 Å². The van der Waals surface area contributed by atoms with E-state index in [0.717, 1.165) is 22.2 Å². The molecule has 2 aromatic carbocycles. The second-order valence-corrected chi connectivity index (χ2v) is 9.71. The summed E-state index contributed by atoms with van der Waals surface area (Å²) in [5, 5.41) is 1.04. The molecule has 1 aliphatic rings. The van der Waals surface area contributed by atoms with E-state index in [0.29, 0.717) is 36.7 Å². The van der Waals surface area contributed by atoms with Crippen molar-refractivity contribution in [1.82, 2.24) is 9.29 Å². The zero-order chi connectivity index (χ0) is 20.4. The summed E-state index contributed by atoms with van der Waals surface area (Å²) >= 11 is 0. The van der Waals surface area contributed by atoms with Crippen LogP contribution < -0.4 is 4.74 Å². The molecule has 0 radical (unpaired) electrons. The molecule has 0 saturated carbocycles. The van der Waals surface area contributed by atoms with Crippen molar-refractivity contribution in [1.29, 1.82) is 0 Å². The van der Waals surface area contributed by atoms with Gasteiger partial charge < -0.3 is 4.74 Å². The van der Waals surface area contributed by atoms with E-state index in [9.17, 15) is 8.42 Å². The molecule has 6 heteroatoms. The van der Waals surface area contributed by atoms with Crippen LogP contribution in [0.15, 0.2) is 65.7 Å². The molecular formula is C23H26N2O3S. The van der Waals surface area contributed by atoms with Crippen molar-refractivity contribution in [3.63, 3.8) is 0 Å². The first kappa shape index (κ1) is 19.9. The Hall–Kier alpha value is -2.44. The van der Waals surface area contributed by atoms with Crippen molar-refractivity contribution < 1.29 is 13.2 Å². The third kappa shape index (κ3) is 4.14. The summed E-state index contributed by atoms with van der Waals surface area (Å²) in [6, 6.07) is 17.0. The molecule has 3 aromatic rings. The Morgan fingerprint density at radius 2 is 1.69 bits per heavy atom. The van der Waals surface area contributed by atoms with E-state index in [1.54, 1.807) is 22.6 Å². The average molecular weight is 411 g/mol. The summed E-state index contributed by atoms with van der Waals surface area (Å²) in [7, 11) is -3.47. The smallest absolute Gasteiger partial charge is 0.243 e. The molecule has 152 valence electrons. The summed E-state index contributed by atoms with van der Waals surface area (Å²) < 4.78 is 33.7. The Morgan fingerprint density at radius 1 is 1.00 bits per heavy atom. The topological polar surface area (TPSA) is 59.5 Å². The Kier molecular flexibility index (Phi) is 5.56. The van der Waals surface area contributed by atoms with Crippen LogP contribution in [0.2, 0.25) is 0 Å². The van der Waals surface area contributed by atoms with E-state index in [1.807, 2.05) is 42.5 Å². The molecule has 1 saturated heterocycles. The number of para-hydroxylation sites is 1. The Balaban J connectivity index is 1.43. The van der Waals surface area contributed by atoms with Gasteiger partial charge in [0, 0.05) is 24.7 Å². The predicted molar refractivity (Wildman–Crippen MR) is 115 cm³/mol. The second-order valence-electron chi connectivity index (χ2n) is 7.78. The summed E-state index contributed by atoms with van der Waals surface area (Å²) in [5.74, 6) is 1.14. The van der Waals surface area contributed by atoms with Gasteiger partial charge in [-0.25, -0.2) is 8.42 Å². The lowest BCUT2D eigenvalue weighted by Gasteiger charge is -2.31. The van der Waals surface area contributed by atoms with Gasteiger partial charge in [-0.05, 0) is 48.6 Å². The summed E-state index contributed by atoms with van der Waals surface area (Å²) in [4.78, 5) is 4.79. The lowest BCUT2D eigenvalue weighted by atomic mass is 10.0. The molecule has 2 heterocycles. The van der Waals surface area contributed by atoms with E-state index < -0.39 is 10.0 Å². The van der Waals surface area contributed by atoms with Crippen LogP contribution >= 0.6 is 0 Å². The van der Waals surface area contributed by atoms with Crippen LogP contribution in [0, 0.1) is 0 Å². The van der Waals surface area contributed by atoms with Gasteiger partial charge in [0.25, 0.3) is 0 Å². The van der Waals surface area contributed by atoms with E-state index >= 15 is 0 Å². The van der Waals surface area contributed by atoms with Gasteiger partial charge in [-0.1, -0.05) is 44.2 Å². The molecule has 1 aromatic heterocycles. The Bertz CT molecular complexity index is 1080. The molecule has 0 aliphatic carbocycles. The fourth-order valence-electron chi connectivity index (χ4n) is 3.71. The molecule has 1 fully saturated rings. The molecule has 0 atom stereocenters. The maximum absolute atomic E-state index is 13.0. The van der Waals surface area contributed by atoms with Gasteiger partial charge in [0.1, 0.15) is 17.4 Å². The third-order valence-electron chi connectivity index (χ3n) is 5.47. The number of aromatic nitrogens is 1. The van der Waals surface area contributed by atoms with Gasteiger partial charge in [0.15, 0.2) is 0 Å². The minimum Gasteiger partial charge on any atom is -0.488 e. The molecular weight excluding hydrogens is 384 g/mol. The van der Waals surface area contributed by atoms with Crippen LogP contribution in [-0.4, -0.2) is 36.9 Å². The normalized spacial score (nSPS) is 16.4. The van der Waals surface area contributed by atoms with Crippen LogP contribution in [0.5, 0.6) is 5.75 Å². The van der Waals surface area contributed by atoms with Crippen LogP contribution in [0.4, 0.5) is 0 Å². The summed E-state index contributed by atoms with van der Waals surface area (Å²) in [5.41, 5.74) is 1.98. The fourth-order valence-corrected chi connectivity index (χ4v) is 5.18. The maximum Gasteiger partial charge on any atom is 0.243 e. The molecule has 4 rings (SSSR count). The monoisotopic (exact) mass is 410 g/mol. The first-order valence-electron chi connectivity index (χ1n) is 10.1. The molecule has 0 amide bonds. The lowest BCUT2D eigenvalue weighted by Crippen LogP contribution is -2.41. The van der Waals surface area contributed by atoms with Gasteiger partial charge in [-0.3, -0.25) is 4.98 Å². The number of ether oxygens (including phenoxy) is 1. The average Bonchev–Trinajstić information content (AvgIpc) is 2.74. The molecule has 1 aliphatic heterocycles. The maximum atomic E-state index is 13.0. The summed E-state index contributed by atoms with van der Waals surface area (Å²) in [6.07, 6.45) is 3.06. The standard InChI is InChI=1S/C23H26N2O3S/c1-17(2)18-8-10-21(11-9-18)29(26,27)25-15-12-20(13-16-25)28-22-7-3-5-19-6-4-14-24-23(19)22/h3-11,14,17,20H,12-13,15-16H2,1-2H3. The van der Waals surface area contributed by atoms with Crippen LogP contribution in [0.1, 0.15) is 38.2 Å². The molecule has 5 nitrogen and oxygen atoms in total. The van der Waals surface area contributed by atoms with Crippen molar-refractivity contribution in [3.05, 3.63) is 66.4 Å². The molecule has 29 heavy (non-hydrogen) atoms. The minimum absolute atomic E-state index is 0.0163. The van der Waals surface area contributed by atoms with E-state index in [4.69, 9.17) is 4.74 Å². The largest absolute Gasteiger partial charge is 0.488 e. The van der Waals surface area contributed by atoms with Crippen LogP contribution in [0.25, 0.3) is 10.9 Å². The van der Waals surface area contributed by atoms with Crippen LogP contribution in [0.3, 0.4) is 0 Å². The molecule has 0 bridgehead atoms. The van der Waals surface area contributed by atoms with E-state index in [1.165, 1.54) is 0 Å². The summed E-state index contributed by atoms with van der Waals surface area (Å²) in [6.45, 7) is 5.10. The highest BCUT2D eigenvalue weighted by atomic mass is 32.2. The third-order valence-corrected chi connectivity index (χ3v) is 7.39. The zero-order valence-corrected chi connectivity index (χ0v) is 17.6. The van der Waals surface area contributed by atoms with Gasteiger partial charge in [0.2, 0.25) is 10.0 Å². The van der Waals surface area contributed by atoms with Gasteiger partial charge >= 0.3 is 0 Å². The van der Waals surface area contributed by atoms with E-state index in [-0.39, 0.29) is 6.10 Å². The predicted octanol–water partition coefficient (Wildman–Crippen LogP) is 4.59. The van der Waals surface area contributed by atoms with Crippen molar-refractivity contribution in [2.45, 2.75) is 43.6 Å². The quantitative estimate of drug-likeness (QED) is 0.617. The number of hydrogen-bond acceptors (Lipinski definition) is 4. The van der Waals surface area contributed by atoms with Crippen LogP contribution in [-0.2, 0) is 10.0 Å². The Labute approximate surface area is 172 Å². The number of sulfonamides is 1. The second kappa shape index (κ2) is 8.13. The van der Waals surface area contributed by atoms with Gasteiger partial charge in [-0.15, -0.1) is 0 Å². The molecule has 0 unspecified atom stereocenters. The highest BCUT2D eigenvalue weighted by molar-refractivity contribution is 7.89. The number of piperidine rings is 1. The number of nitrogens with zero attached hydrogens (tertiary/aromatic N) is 2. The highest BCUT2D eigenvalue weighted by Crippen LogP contribution is 2.28.